The summed E-state index contributed by atoms with van der Waals surface area (Å²) in [5.41, 5.74) is -0.609. The fraction of sp³-hybridized carbons (Fsp3) is 0.958. The van der Waals surface area contributed by atoms with Gasteiger partial charge in [0.15, 0.2) is 0 Å². The van der Waals surface area contributed by atoms with Gasteiger partial charge in [-0.3, -0.25) is 4.90 Å². The van der Waals surface area contributed by atoms with Gasteiger partial charge < -0.3 is 23.7 Å². The van der Waals surface area contributed by atoms with Crippen molar-refractivity contribution in [1.29, 1.82) is 5.26 Å². The molecule has 0 saturated heterocycles. The minimum atomic E-state index is -0.637. The highest BCUT2D eigenvalue weighted by Crippen LogP contribution is 2.24. The van der Waals surface area contributed by atoms with Crippen LogP contribution >= 0.6 is 0 Å². The Labute approximate surface area is 195 Å². The summed E-state index contributed by atoms with van der Waals surface area (Å²) in [5.74, 6) is 0. The third kappa shape index (κ3) is 13.4. The van der Waals surface area contributed by atoms with Crippen LogP contribution in [0.1, 0.15) is 78.2 Å². The number of rotatable bonds is 21. The molecule has 0 N–H and O–H groups in total. The van der Waals surface area contributed by atoms with E-state index in [1.807, 2.05) is 0 Å². The molecule has 0 heterocycles. The Morgan fingerprint density at radius 1 is 0.774 bits per heavy atom. The average molecular weight is 448 g/mol. The zero-order valence-electron chi connectivity index (χ0n) is 23.3. The largest absolute Gasteiger partial charge is 0.381 e. The van der Waals surface area contributed by atoms with Gasteiger partial charge in [0.25, 0.3) is 0 Å². The van der Waals surface area contributed by atoms with E-state index < -0.39 is 11.8 Å². The van der Waals surface area contributed by atoms with Crippen molar-refractivity contribution in [3.63, 3.8) is 0 Å². The van der Waals surface area contributed by atoms with Gasteiger partial charge in [0.2, 0.25) is 6.41 Å². The highest BCUT2D eigenvalue weighted by Gasteiger charge is 2.35. The minimum absolute atomic E-state index is 0.163. The van der Waals surface area contributed by atoms with Gasteiger partial charge in [-0.2, -0.15) is 5.26 Å². The summed E-state index contributed by atoms with van der Waals surface area (Å²) in [6.07, 6.45) is 1.57. The zero-order valence-corrected chi connectivity index (χ0v) is 20.3. The molecule has 1 atom stereocenters. The molecule has 0 amide bonds. The van der Waals surface area contributed by atoms with Crippen LogP contribution in [0.4, 0.5) is 0 Å². The molecule has 0 aliphatic heterocycles. The summed E-state index contributed by atoms with van der Waals surface area (Å²) in [7, 11) is 0. The summed E-state index contributed by atoms with van der Waals surface area (Å²) >= 11 is 0. The van der Waals surface area contributed by atoms with Crippen molar-refractivity contribution >= 4 is 0 Å². The first-order chi connectivity index (χ1) is 16.4. The Morgan fingerprint density at radius 2 is 1.26 bits per heavy atom. The van der Waals surface area contributed by atoms with Gasteiger partial charge in [-0.25, -0.2) is 0 Å². The zero-order chi connectivity index (χ0) is 25.7. The van der Waals surface area contributed by atoms with E-state index in [2.05, 4.69) is 38.7 Å². The topological polar surface area (TPSA) is 73.2 Å². The quantitative estimate of drug-likeness (QED) is 0.188. The third-order valence-electron chi connectivity index (χ3n) is 4.53. The highest BCUT2D eigenvalue weighted by atomic mass is 16.7. The molecular weight excluding hydrogens is 396 g/mol. The molecule has 0 aromatic rings. The lowest BCUT2D eigenvalue weighted by Crippen LogP contribution is -2.51. The van der Waals surface area contributed by atoms with Gasteiger partial charge in [0.05, 0.1) is 50.9 Å². The van der Waals surface area contributed by atoms with Gasteiger partial charge in [-0.1, -0.05) is 20.7 Å². The fourth-order valence-electron chi connectivity index (χ4n) is 3.18. The minimum Gasteiger partial charge on any atom is -0.381 e. The monoisotopic (exact) mass is 447 g/mol. The van der Waals surface area contributed by atoms with E-state index in [0.29, 0.717) is 79.6 Å². The summed E-state index contributed by atoms with van der Waals surface area (Å²) in [6.45, 7) is 12.2. The second kappa shape index (κ2) is 18.8. The van der Waals surface area contributed by atoms with Crippen molar-refractivity contribution in [1.82, 2.24) is 4.90 Å². The number of nitrogens with zero attached hydrogens (tertiary/aromatic N) is 2. The molecule has 0 spiro atoms. The standard InChI is InChI=1S/C24H48N2O5/c1-8-13-27-17-24(18-28-14-9-2,19-29-15-10-3)20-31-23(30-16-11-12-25)26(21(4)5)22(6)7/h21-23H,8-11,13-20H2,1-7H3/i1D,2D,3D. The van der Waals surface area contributed by atoms with E-state index in [0.717, 1.165) is 0 Å². The summed E-state index contributed by atoms with van der Waals surface area (Å²) in [5, 5.41) is 8.94. The average Bonchev–Trinajstić information content (AvgIpc) is 2.80. The van der Waals surface area contributed by atoms with Crippen molar-refractivity contribution in [2.24, 2.45) is 5.41 Å². The number of nitriles is 1. The maximum atomic E-state index is 8.94. The van der Waals surface area contributed by atoms with E-state index >= 15 is 0 Å². The lowest BCUT2D eigenvalue weighted by Gasteiger charge is -2.40. The molecule has 7 nitrogen and oxygen atoms in total. The molecule has 31 heavy (non-hydrogen) atoms. The second-order valence-corrected chi connectivity index (χ2v) is 8.25. The lowest BCUT2D eigenvalue weighted by atomic mass is 9.92. The highest BCUT2D eigenvalue weighted by molar-refractivity contribution is 4.80. The number of hydrogen-bond donors (Lipinski definition) is 0. The van der Waals surface area contributed by atoms with Crippen LogP contribution in [0, 0.1) is 16.7 Å². The summed E-state index contributed by atoms with van der Waals surface area (Å²) in [4.78, 5) is 2.12. The van der Waals surface area contributed by atoms with Crippen LogP contribution in [-0.4, -0.2) is 76.3 Å². The van der Waals surface area contributed by atoms with E-state index in [-0.39, 0.29) is 31.7 Å². The molecule has 0 bridgehead atoms. The molecular formula is C24H48N2O5. The van der Waals surface area contributed by atoms with Crippen molar-refractivity contribution in [3.8, 4) is 6.07 Å². The Bertz CT molecular complexity index is 470. The van der Waals surface area contributed by atoms with Crippen LogP contribution in [0.15, 0.2) is 0 Å². The molecule has 0 aliphatic rings. The van der Waals surface area contributed by atoms with Crippen LogP contribution < -0.4 is 0 Å². The van der Waals surface area contributed by atoms with Crippen LogP contribution in [-0.2, 0) is 23.7 Å². The van der Waals surface area contributed by atoms with E-state index in [9.17, 15) is 0 Å². The fourth-order valence-corrected chi connectivity index (χ4v) is 3.18. The van der Waals surface area contributed by atoms with Gasteiger partial charge in [-0.05, 0) is 47.0 Å². The first kappa shape index (κ1) is 24.9. The second-order valence-electron chi connectivity index (χ2n) is 8.25. The molecule has 0 saturated carbocycles. The van der Waals surface area contributed by atoms with Crippen molar-refractivity contribution in [2.45, 2.75) is 92.6 Å². The normalized spacial score (nSPS) is 14.6. The molecule has 0 aromatic carbocycles. The van der Waals surface area contributed by atoms with Crippen molar-refractivity contribution in [3.05, 3.63) is 0 Å². The molecule has 184 valence electrons. The van der Waals surface area contributed by atoms with Crippen LogP contribution in [0.25, 0.3) is 0 Å². The van der Waals surface area contributed by atoms with Crippen molar-refractivity contribution < 1.29 is 27.8 Å². The van der Waals surface area contributed by atoms with Crippen LogP contribution in [0.2, 0.25) is 0 Å². The Hall–Kier alpha value is -0.750. The van der Waals surface area contributed by atoms with Gasteiger partial charge in [-0.15, -0.1) is 0 Å². The summed E-state index contributed by atoms with van der Waals surface area (Å²) < 4.78 is 52.1. The summed E-state index contributed by atoms with van der Waals surface area (Å²) in [6, 6.07) is 2.43. The maximum Gasteiger partial charge on any atom is 0.219 e. The molecule has 0 aliphatic carbocycles. The van der Waals surface area contributed by atoms with Gasteiger partial charge in [0, 0.05) is 36.0 Å². The van der Waals surface area contributed by atoms with E-state index in [1.54, 1.807) is 0 Å². The van der Waals surface area contributed by atoms with Gasteiger partial charge >= 0.3 is 0 Å². The Balaban J connectivity index is 5.58. The van der Waals surface area contributed by atoms with E-state index in [1.165, 1.54) is 0 Å². The van der Waals surface area contributed by atoms with Crippen molar-refractivity contribution in [2.75, 3.05) is 52.9 Å². The maximum absolute atomic E-state index is 8.94. The first-order valence-corrected chi connectivity index (χ1v) is 11.4. The molecule has 0 radical (unpaired) electrons. The SMILES string of the molecule is [2H]CCCOCC(COCCC[2H])(COCCC[2H])COC(OCCC#N)N(C(C)C)C(C)C. The molecule has 7 heteroatoms. The Morgan fingerprint density at radius 3 is 1.65 bits per heavy atom. The van der Waals surface area contributed by atoms with E-state index in [4.69, 9.17) is 33.1 Å². The lowest BCUT2D eigenvalue weighted by molar-refractivity contribution is -0.259. The van der Waals surface area contributed by atoms with Crippen LogP contribution in [0.3, 0.4) is 0 Å². The Kier molecular flexibility index (Phi) is 15.1. The number of ether oxygens (including phenoxy) is 5. The first-order valence-electron chi connectivity index (χ1n) is 13.5. The molecule has 0 rings (SSSR count). The number of hydrogen-bond acceptors (Lipinski definition) is 7. The smallest absolute Gasteiger partial charge is 0.219 e. The molecule has 0 fully saturated rings. The molecule has 1 unspecified atom stereocenters. The predicted molar refractivity (Wildman–Crippen MR) is 124 cm³/mol. The predicted octanol–water partition coefficient (Wildman–Crippen LogP) is 4.60. The van der Waals surface area contributed by atoms with Gasteiger partial charge in [0.1, 0.15) is 0 Å². The molecule has 0 aromatic heterocycles. The van der Waals surface area contributed by atoms with Crippen LogP contribution in [0.5, 0.6) is 0 Å². The third-order valence-corrected chi connectivity index (χ3v) is 4.53.